The summed E-state index contributed by atoms with van der Waals surface area (Å²) in [6.45, 7) is 5.96. The summed E-state index contributed by atoms with van der Waals surface area (Å²) in [6.07, 6.45) is 1.66. The standard InChI is InChI=1S/C14H15N3O/c1-9-6-14(11(3)18-9)10(2)17-13-5-4-12(7-15)16-8-13/h4-6,8,10,17H,1-3H3. The summed E-state index contributed by atoms with van der Waals surface area (Å²) in [4.78, 5) is 4.02. The van der Waals surface area contributed by atoms with E-state index in [2.05, 4.69) is 17.2 Å². The zero-order valence-corrected chi connectivity index (χ0v) is 10.7. The Hall–Kier alpha value is -2.28. The third-order valence-corrected chi connectivity index (χ3v) is 2.81. The molecule has 1 N–H and O–H groups in total. The van der Waals surface area contributed by atoms with Crippen LogP contribution < -0.4 is 5.32 Å². The van der Waals surface area contributed by atoms with Crippen molar-refractivity contribution in [3.63, 3.8) is 0 Å². The summed E-state index contributed by atoms with van der Waals surface area (Å²) in [6, 6.07) is 7.71. The molecule has 4 heteroatoms. The van der Waals surface area contributed by atoms with E-state index in [0.717, 1.165) is 22.8 Å². The maximum Gasteiger partial charge on any atom is 0.140 e. The Morgan fingerprint density at radius 3 is 2.67 bits per heavy atom. The van der Waals surface area contributed by atoms with Crippen LogP contribution in [0.15, 0.2) is 28.8 Å². The fraction of sp³-hybridized carbons (Fsp3) is 0.286. The SMILES string of the molecule is Cc1cc(C(C)Nc2ccc(C#N)nc2)c(C)o1. The topological polar surface area (TPSA) is 61.9 Å². The number of anilines is 1. The predicted octanol–water partition coefficient (Wildman–Crippen LogP) is 3.34. The second-order valence-electron chi connectivity index (χ2n) is 4.28. The van der Waals surface area contributed by atoms with Crippen LogP contribution in [0.25, 0.3) is 0 Å². The molecule has 0 aromatic carbocycles. The summed E-state index contributed by atoms with van der Waals surface area (Å²) < 4.78 is 5.51. The molecular weight excluding hydrogens is 226 g/mol. The van der Waals surface area contributed by atoms with Crippen LogP contribution in [-0.2, 0) is 0 Å². The highest BCUT2D eigenvalue weighted by Crippen LogP contribution is 2.24. The lowest BCUT2D eigenvalue weighted by Gasteiger charge is -2.14. The second-order valence-corrected chi connectivity index (χ2v) is 4.28. The normalized spacial score (nSPS) is 11.9. The van der Waals surface area contributed by atoms with Crippen LogP contribution in [0.1, 0.15) is 35.7 Å². The van der Waals surface area contributed by atoms with Gasteiger partial charge in [0.2, 0.25) is 0 Å². The molecule has 0 radical (unpaired) electrons. The molecule has 2 heterocycles. The van der Waals surface area contributed by atoms with Crippen LogP contribution in [-0.4, -0.2) is 4.98 Å². The first-order valence-electron chi connectivity index (χ1n) is 5.80. The lowest BCUT2D eigenvalue weighted by Crippen LogP contribution is -2.07. The number of furan rings is 1. The van der Waals surface area contributed by atoms with Gasteiger partial charge in [-0.3, -0.25) is 0 Å². The third-order valence-electron chi connectivity index (χ3n) is 2.81. The van der Waals surface area contributed by atoms with Gasteiger partial charge in [0.05, 0.1) is 17.9 Å². The quantitative estimate of drug-likeness (QED) is 0.895. The largest absolute Gasteiger partial charge is 0.466 e. The molecule has 92 valence electrons. The van der Waals surface area contributed by atoms with Crippen molar-refractivity contribution < 1.29 is 4.42 Å². The maximum atomic E-state index is 8.68. The summed E-state index contributed by atoms with van der Waals surface area (Å²) in [5, 5.41) is 12.0. The molecule has 0 saturated carbocycles. The first kappa shape index (κ1) is 12.2. The Balaban J connectivity index is 2.13. The van der Waals surface area contributed by atoms with Gasteiger partial charge in [0.1, 0.15) is 23.3 Å². The van der Waals surface area contributed by atoms with E-state index in [-0.39, 0.29) is 6.04 Å². The molecule has 2 aromatic heterocycles. The van der Waals surface area contributed by atoms with Gasteiger partial charge in [0.15, 0.2) is 0 Å². The number of nitrogens with one attached hydrogen (secondary N) is 1. The Morgan fingerprint density at radius 1 is 1.39 bits per heavy atom. The van der Waals surface area contributed by atoms with E-state index in [1.165, 1.54) is 0 Å². The van der Waals surface area contributed by atoms with Crippen molar-refractivity contribution in [2.75, 3.05) is 5.32 Å². The Kier molecular flexibility index (Phi) is 3.33. The molecule has 0 bridgehead atoms. The van der Waals surface area contributed by atoms with Gasteiger partial charge in [-0.15, -0.1) is 0 Å². The summed E-state index contributed by atoms with van der Waals surface area (Å²) in [5.74, 6) is 1.84. The monoisotopic (exact) mass is 241 g/mol. The van der Waals surface area contributed by atoms with Crippen molar-refractivity contribution in [1.82, 2.24) is 4.98 Å². The van der Waals surface area contributed by atoms with Crippen molar-refractivity contribution >= 4 is 5.69 Å². The Bertz CT molecular complexity index is 578. The maximum absolute atomic E-state index is 8.68. The van der Waals surface area contributed by atoms with Crippen molar-refractivity contribution in [3.8, 4) is 6.07 Å². The van der Waals surface area contributed by atoms with E-state index in [4.69, 9.17) is 9.68 Å². The number of aryl methyl sites for hydroxylation is 2. The molecule has 0 aliphatic carbocycles. The van der Waals surface area contributed by atoms with Crippen molar-refractivity contribution in [3.05, 3.63) is 47.2 Å². The highest BCUT2D eigenvalue weighted by Gasteiger charge is 2.12. The lowest BCUT2D eigenvalue weighted by molar-refractivity contribution is 0.500. The van der Waals surface area contributed by atoms with Crippen LogP contribution in [0.3, 0.4) is 0 Å². The molecule has 4 nitrogen and oxygen atoms in total. The summed E-state index contributed by atoms with van der Waals surface area (Å²) in [7, 11) is 0. The minimum absolute atomic E-state index is 0.136. The number of hydrogen-bond acceptors (Lipinski definition) is 4. The average molecular weight is 241 g/mol. The summed E-state index contributed by atoms with van der Waals surface area (Å²) >= 11 is 0. The molecule has 18 heavy (non-hydrogen) atoms. The van der Waals surface area contributed by atoms with Gasteiger partial charge in [-0.2, -0.15) is 5.26 Å². The van der Waals surface area contributed by atoms with Gasteiger partial charge in [0, 0.05) is 5.56 Å². The smallest absolute Gasteiger partial charge is 0.140 e. The van der Waals surface area contributed by atoms with Crippen LogP contribution in [0.5, 0.6) is 0 Å². The van der Waals surface area contributed by atoms with Gasteiger partial charge in [-0.05, 0) is 39.0 Å². The first-order valence-corrected chi connectivity index (χ1v) is 5.80. The van der Waals surface area contributed by atoms with E-state index in [1.54, 1.807) is 12.3 Å². The van der Waals surface area contributed by atoms with Crippen LogP contribution in [0.2, 0.25) is 0 Å². The molecule has 0 fully saturated rings. The lowest BCUT2D eigenvalue weighted by atomic mass is 10.1. The van der Waals surface area contributed by atoms with Crippen molar-refractivity contribution in [2.24, 2.45) is 0 Å². The minimum atomic E-state index is 0.136. The zero-order valence-electron chi connectivity index (χ0n) is 10.7. The highest BCUT2D eigenvalue weighted by molar-refractivity contribution is 5.45. The van der Waals surface area contributed by atoms with E-state index in [1.807, 2.05) is 32.0 Å². The number of rotatable bonds is 3. The molecule has 2 rings (SSSR count). The van der Waals surface area contributed by atoms with Gasteiger partial charge in [-0.25, -0.2) is 4.98 Å². The molecule has 1 unspecified atom stereocenters. The van der Waals surface area contributed by atoms with Crippen molar-refractivity contribution in [2.45, 2.75) is 26.8 Å². The van der Waals surface area contributed by atoms with Gasteiger partial charge in [-0.1, -0.05) is 0 Å². The van der Waals surface area contributed by atoms with Crippen LogP contribution in [0, 0.1) is 25.2 Å². The van der Waals surface area contributed by atoms with E-state index < -0.39 is 0 Å². The molecule has 0 aliphatic heterocycles. The number of nitrogens with zero attached hydrogens (tertiary/aromatic N) is 2. The highest BCUT2D eigenvalue weighted by atomic mass is 16.3. The van der Waals surface area contributed by atoms with E-state index in [9.17, 15) is 0 Å². The number of hydrogen-bond donors (Lipinski definition) is 1. The molecular formula is C14H15N3O. The van der Waals surface area contributed by atoms with E-state index in [0.29, 0.717) is 5.69 Å². The molecule has 2 aromatic rings. The predicted molar refractivity (Wildman–Crippen MR) is 69.2 cm³/mol. The molecule has 0 amide bonds. The van der Waals surface area contributed by atoms with Crippen molar-refractivity contribution in [1.29, 1.82) is 5.26 Å². The summed E-state index contributed by atoms with van der Waals surface area (Å²) in [5.41, 5.74) is 2.44. The zero-order chi connectivity index (χ0) is 13.1. The Morgan fingerprint density at radius 2 is 2.17 bits per heavy atom. The number of aromatic nitrogens is 1. The van der Waals surface area contributed by atoms with Crippen LogP contribution >= 0.6 is 0 Å². The molecule has 0 aliphatic rings. The Labute approximate surface area is 106 Å². The first-order chi connectivity index (χ1) is 8.60. The van der Waals surface area contributed by atoms with Crippen LogP contribution in [0.4, 0.5) is 5.69 Å². The second kappa shape index (κ2) is 4.92. The molecule has 0 saturated heterocycles. The minimum Gasteiger partial charge on any atom is -0.466 e. The fourth-order valence-electron chi connectivity index (χ4n) is 1.95. The average Bonchev–Trinajstić information content (AvgIpc) is 2.69. The van der Waals surface area contributed by atoms with Gasteiger partial charge in [0.25, 0.3) is 0 Å². The fourth-order valence-corrected chi connectivity index (χ4v) is 1.95. The molecule has 1 atom stereocenters. The molecule has 0 spiro atoms. The van der Waals surface area contributed by atoms with E-state index >= 15 is 0 Å². The van der Waals surface area contributed by atoms with Gasteiger partial charge < -0.3 is 9.73 Å². The van der Waals surface area contributed by atoms with Gasteiger partial charge >= 0.3 is 0 Å². The number of pyridine rings is 1. The number of nitriles is 1. The third kappa shape index (κ3) is 2.51.